The first-order valence-electron chi connectivity index (χ1n) is 9.92. The normalized spacial score (nSPS) is 15.8. The van der Waals surface area contributed by atoms with Crippen molar-refractivity contribution in [2.45, 2.75) is 52.7 Å². The van der Waals surface area contributed by atoms with Crippen LogP contribution in [0.2, 0.25) is 0 Å². The van der Waals surface area contributed by atoms with Crippen molar-refractivity contribution in [2.24, 2.45) is 5.41 Å². The number of aliphatic carboxylic acids is 1. The van der Waals surface area contributed by atoms with Gasteiger partial charge in [-0.25, -0.2) is 4.79 Å². The molecule has 8 heteroatoms. The van der Waals surface area contributed by atoms with Crippen LogP contribution in [-0.4, -0.2) is 58.1 Å². The molecule has 0 spiro atoms. The molecule has 0 aliphatic carbocycles. The smallest absolute Gasteiger partial charge is 0.410 e. The fourth-order valence-electron chi connectivity index (χ4n) is 3.44. The molecule has 2 amide bonds. The van der Waals surface area contributed by atoms with Gasteiger partial charge in [0.2, 0.25) is 5.91 Å². The second-order valence-corrected chi connectivity index (χ2v) is 8.85. The molecular weight excluding hydrogens is 386 g/mol. The lowest BCUT2D eigenvalue weighted by atomic mass is 9.79. The topological polar surface area (TPSA) is 111 Å². The molecule has 2 rings (SSSR count). The Bertz CT molecular complexity index is 845. The van der Waals surface area contributed by atoms with E-state index < -0.39 is 29.6 Å². The van der Waals surface area contributed by atoms with Crippen molar-refractivity contribution in [1.29, 1.82) is 5.26 Å². The van der Waals surface area contributed by atoms with Gasteiger partial charge in [0.05, 0.1) is 11.6 Å². The Labute approximate surface area is 177 Å². The van der Waals surface area contributed by atoms with Gasteiger partial charge >= 0.3 is 12.1 Å². The predicted octanol–water partition coefficient (Wildman–Crippen LogP) is 3.01. The highest BCUT2D eigenvalue weighted by atomic mass is 16.6. The third-order valence-electron chi connectivity index (χ3n) is 5.15. The number of hydrogen-bond donors (Lipinski definition) is 1. The summed E-state index contributed by atoms with van der Waals surface area (Å²) in [4.78, 5) is 39.8. The van der Waals surface area contributed by atoms with Gasteiger partial charge < -0.3 is 19.6 Å². The van der Waals surface area contributed by atoms with Crippen molar-refractivity contribution in [2.75, 3.05) is 19.6 Å². The van der Waals surface area contributed by atoms with Crippen LogP contribution in [0.4, 0.5) is 4.79 Å². The molecule has 8 nitrogen and oxygen atoms in total. The van der Waals surface area contributed by atoms with Crippen LogP contribution >= 0.6 is 0 Å². The van der Waals surface area contributed by atoms with E-state index in [2.05, 4.69) is 6.07 Å². The highest BCUT2D eigenvalue weighted by Crippen LogP contribution is 2.34. The lowest BCUT2D eigenvalue weighted by Crippen LogP contribution is -2.51. The SMILES string of the molecule is CC(C)(C)OC(=O)N1CCC(C)(C(=O)N(CC(=O)O)Cc2ccccc2C#N)CC1. The summed E-state index contributed by atoms with van der Waals surface area (Å²) in [5.41, 5.74) is -0.384. The Morgan fingerprint density at radius 2 is 1.83 bits per heavy atom. The molecule has 1 fully saturated rings. The zero-order chi connectivity index (χ0) is 22.5. The number of amides is 2. The number of carboxylic acids is 1. The summed E-state index contributed by atoms with van der Waals surface area (Å²) in [7, 11) is 0. The average Bonchev–Trinajstić information content (AvgIpc) is 2.66. The zero-order valence-corrected chi connectivity index (χ0v) is 18.0. The standard InChI is InChI=1S/C22H29N3O5/c1-21(2,3)30-20(29)24-11-9-22(4,10-12-24)19(28)25(15-18(26)27)14-17-8-6-5-7-16(17)13-23/h5-8H,9-12,14-15H2,1-4H3,(H,26,27). The highest BCUT2D eigenvalue weighted by molar-refractivity contribution is 5.86. The molecule has 162 valence electrons. The van der Waals surface area contributed by atoms with Crippen LogP contribution in [0.5, 0.6) is 0 Å². The van der Waals surface area contributed by atoms with Crippen molar-refractivity contribution in [3.8, 4) is 6.07 Å². The van der Waals surface area contributed by atoms with Gasteiger partial charge in [-0.3, -0.25) is 9.59 Å². The number of benzene rings is 1. The third kappa shape index (κ3) is 5.96. The van der Waals surface area contributed by atoms with E-state index in [1.807, 2.05) is 0 Å². The number of rotatable bonds is 5. The quantitative estimate of drug-likeness (QED) is 0.791. The van der Waals surface area contributed by atoms with E-state index in [-0.39, 0.29) is 12.5 Å². The number of nitrogens with zero attached hydrogens (tertiary/aromatic N) is 3. The number of carbonyl (C=O) groups is 3. The van der Waals surface area contributed by atoms with Gasteiger partial charge in [0.25, 0.3) is 0 Å². The molecule has 1 aliphatic rings. The molecule has 1 N–H and O–H groups in total. The van der Waals surface area contributed by atoms with Gasteiger partial charge in [0, 0.05) is 25.0 Å². The molecule has 1 aromatic carbocycles. The fourth-order valence-corrected chi connectivity index (χ4v) is 3.44. The first kappa shape index (κ1) is 23.2. The number of nitriles is 1. The maximum atomic E-state index is 13.3. The first-order chi connectivity index (χ1) is 13.9. The molecule has 0 bridgehead atoms. The van der Waals surface area contributed by atoms with Crippen LogP contribution in [-0.2, 0) is 20.9 Å². The number of carbonyl (C=O) groups excluding carboxylic acids is 2. The zero-order valence-electron chi connectivity index (χ0n) is 18.0. The predicted molar refractivity (Wildman–Crippen MR) is 109 cm³/mol. The average molecular weight is 415 g/mol. The van der Waals surface area contributed by atoms with Gasteiger partial charge in [0.15, 0.2) is 0 Å². The summed E-state index contributed by atoms with van der Waals surface area (Å²) >= 11 is 0. The van der Waals surface area contributed by atoms with Crippen molar-refractivity contribution in [1.82, 2.24) is 9.80 Å². The Kier molecular flexibility index (Phi) is 7.08. The molecule has 0 aromatic heterocycles. The van der Waals surface area contributed by atoms with E-state index in [0.29, 0.717) is 37.1 Å². The molecule has 1 aliphatic heterocycles. The summed E-state index contributed by atoms with van der Waals surface area (Å²) < 4.78 is 5.39. The molecule has 30 heavy (non-hydrogen) atoms. The summed E-state index contributed by atoms with van der Waals surface area (Å²) in [6.45, 7) is 7.48. The summed E-state index contributed by atoms with van der Waals surface area (Å²) in [5.74, 6) is -1.41. The second-order valence-electron chi connectivity index (χ2n) is 8.85. The number of piperidine rings is 1. The maximum absolute atomic E-state index is 13.3. The van der Waals surface area contributed by atoms with Gasteiger partial charge in [-0.05, 0) is 45.2 Å². The van der Waals surface area contributed by atoms with E-state index in [1.165, 1.54) is 4.90 Å². The summed E-state index contributed by atoms with van der Waals surface area (Å²) in [6.07, 6.45) is 0.393. The van der Waals surface area contributed by atoms with E-state index in [4.69, 9.17) is 4.74 Å². The minimum absolute atomic E-state index is 0.0419. The Morgan fingerprint density at radius 1 is 1.23 bits per heavy atom. The van der Waals surface area contributed by atoms with E-state index in [9.17, 15) is 24.8 Å². The van der Waals surface area contributed by atoms with Crippen molar-refractivity contribution in [3.63, 3.8) is 0 Å². The van der Waals surface area contributed by atoms with E-state index in [1.54, 1.807) is 56.9 Å². The molecule has 1 heterocycles. The van der Waals surface area contributed by atoms with Crippen LogP contribution in [0.3, 0.4) is 0 Å². The fraction of sp³-hybridized carbons (Fsp3) is 0.545. The van der Waals surface area contributed by atoms with Crippen molar-refractivity contribution >= 4 is 18.0 Å². The Balaban J connectivity index is 2.13. The molecule has 0 radical (unpaired) electrons. The number of likely N-dealkylation sites (tertiary alicyclic amines) is 1. The van der Waals surface area contributed by atoms with Crippen molar-refractivity contribution < 1.29 is 24.2 Å². The summed E-state index contributed by atoms with van der Waals surface area (Å²) in [5, 5.41) is 18.6. The highest BCUT2D eigenvalue weighted by Gasteiger charge is 2.41. The minimum atomic E-state index is -1.12. The third-order valence-corrected chi connectivity index (χ3v) is 5.15. The largest absolute Gasteiger partial charge is 0.480 e. The van der Waals surface area contributed by atoms with Gasteiger partial charge in [-0.2, -0.15) is 5.26 Å². The lowest BCUT2D eigenvalue weighted by Gasteiger charge is -2.41. The Morgan fingerprint density at radius 3 is 2.37 bits per heavy atom. The number of hydrogen-bond acceptors (Lipinski definition) is 5. The maximum Gasteiger partial charge on any atom is 0.410 e. The Hall–Kier alpha value is -3.08. The first-order valence-corrected chi connectivity index (χ1v) is 9.92. The number of ether oxygens (including phenoxy) is 1. The molecule has 0 atom stereocenters. The second kappa shape index (κ2) is 9.16. The summed E-state index contributed by atoms with van der Waals surface area (Å²) in [6, 6.07) is 8.90. The van der Waals surface area contributed by atoms with Crippen LogP contribution in [0.1, 0.15) is 51.7 Å². The van der Waals surface area contributed by atoms with Crippen LogP contribution in [0.25, 0.3) is 0 Å². The van der Waals surface area contributed by atoms with Crippen LogP contribution < -0.4 is 0 Å². The monoisotopic (exact) mass is 415 g/mol. The molecule has 1 aromatic rings. The minimum Gasteiger partial charge on any atom is -0.480 e. The lowest BCUT2D eigenvalue weighted by molar-refractivity contribution is -0.151. The van der Waals surface area contributed by atoms with Crippen LogP contribution in [0, 0.1) is 16.7 Å². The van der Waals surface area contributed by atoms with E-state index >= 15 is 0 Å². The van der Waals surface area contributed by atoms with E-state index in [0.717, 1.165) is 0 Å². The van der Waals surface area contributed by atoms with Gasteiger partial charge in [-0.15, -0.1) is 0 Å². The molecule has 1 saturated heterocycles. The molecule has 0 unspecified atom stereocenters. The molecule has 0 saturated carbocycles. The number of carboxylic acid groups (broad SMARTS) is 1. The molecular formula is C22H29N3O5. The van der Waals surface area contributed by atoms with Gasteiger partial charge in [-0.1, -0.05) is 25.1 Å². The van der Waals surface area contributed by atoms with Crippen molar-refractivity contribution in [3.05, 3.63) is 35.4 Å². The van der Waals surface area contributed by atoms with Crippen LogP contribution in [0.15, 0.2) is 24.3 Å². The van der Waals surface area contributed by atoms with Gasteiger partial charge in [0.1, 0.15) is 12.1 Å².